The molecule has 0 saturated carbocycles. The van der Waals surface area contributed by atoms with Crippen LogP contribution in [0, 0.1) is 6.92 Å². The summed E-state index contributed by atoms with van der Waals surface area (Å²) < 4.78 is 39.8. The Balaban J connectivity index is 2.08. The number of sulfonamides is 1. The van der Waals surface area contributed by atoms with Crippen LogP contribution >= 0.6 is 0 Å². The fraction of sp³-hybridized carbons (Fsp3) is 0.355. The predicted octanol–water partition coefficient (Wildman–Crippen LogP) is 4.54. The van der Waals surface area contributed by atoms with Crippen molar-refractivity contribution in [2.75, 3.05) is 25.1 Å². The SMILES string of the molecule is CCC(C(=O)NC(C)C)N(Cc1cccc(C)c1)C(=O)CN(c1ccccc1)S(=O)(=O)c1ccc(OC)c(OC)c1. The highest BCUT2D eigenvalue weighted by molar-refractivity contribution is 7.92. The number of para-hydroxylation sites is 1. The molecule has 1 atom stereocenters. The van der Waals surface area contributed by atoms with Gasteiger partial charge in [-0.05, 0) is 57.0 Å². The first-order valence-corrected chi connectivity index (χ1v) is 14.9. The Morgan fingerprint density at radius 1 is 0.902 bits per heavy atom. The quantitative estimate of drug-likeness (QED) is 0.318. The maximum atomic E-state index is 14.1. The summed E-state index contributed by atoms with van der Waals surface area (Å²) in [6.45, 7) is 7.11. The van der Waals surface area contributed by atoms with E-state index >= 15 is 0 Å². The number of nitrogens with one attached hydrogen (secondary N) is 1. The van der Waals surface area contributed by atoms with E-state index < -0.39 is 28.5 Å². The smallest absolute Gasteiger partial charge is 0.264 e. The molecule has 220 valence electrons. The standard InChI is InChI=1S/C31H39N3O6S/c1-7-27(31(36)32-22(2)3)33(20-24-13-11-12-23(4)18-24)30(35)21-34(25-14-9-8-10-15-25)41(37,38)26-16-17-28(39-5)29(19-26)40-6/h8-19,22,27H,7,20-21H2,1-6H3,(H,32,36). The number of ether oxygens (including phenoxy) is 2. The van der Waals surface area contributed by atoms with Crippen molar-refractivity contribution < 1.29 is 27.5 Å². The summed E-state index contributed by atoms with van der Waals surface area (Å²) in [5.74, 6) is -0.187. The molecule has 0 radical (unpaired) electrons. The molecule has 0 spiro atoms. The lowest BCUT2D eigenvalue weighted by atomic mass is 10.1. The van der Waals surface area contributed by atoms with Crippen LogP contribution in [0.15, 0.2) is 77.7 Å². The summed E-state index contributed by atoms with van der Waals surface area (Å²) in [6.07, 6.45) is 0.351. The third kappa shape index (κ3) is 7.79. The minimum atomic E-state index is -4.24. The number of carbonyl (C=O) groups excluding carboxylic acids is 2. The highest BCUT2D eigenvalue weighted by Gasteiger charge is 2.34. The van der Waals surface area contributed by atoms with Crippen LogP contribution in [-0.2, 0) is 26.2 Å². The van der Waals surface area contributed by atoms with Gasteiger partial charge in [-0.25, -0.2) is 8.42 Å². The monoisotopic (exact) mass is 581 g/mol. The van der Waals surface area contributed by atoms with Crippen LogP contribution in [0.4, 0.5) is 5.69 Å². The molecule has 9 nitrogen and oxygen atoms in total. The van der Waals surface area contributed by atoms with Crippen LogP contribution in [0.1, 0.15) is 38.3 Å². The zero-order valence-corrected chi connectivity index (χ0v) is 25.3. The van der Waals surface area contributed by atoms with Crippen molar-refractivity contribution in [1.82, 2.24) is 10.2 Å². The minimum absolute atomic E-state index is 0.0679. The summed E-state index contributed by atoms with van der Waals surface area (Å²) in [4.78, 5) is 28.7. The highest BCUT2D eigenvalue weighted by atomic mass is 32.2. The van der Waals surface area contributed by atoms with Gasteiger partial charge in [0.15, 0.2) is 11.5 Å². The van der Waals surface area contributed by atoms with E-state index in [1.165, 1.54) is 37.3 Å². The minimum Gasteiger partial charge on any atom is -0.493 e. The van der Waals surface area contributed by atoms with E-state index in [0.29, 0.717) is 17.9 Å². The number of hydrogen-bond donors (Lipinski definition) is 1. The first-order valence-electron chi connectivity index (χ1n) is 13.5. The zero-order chi connectivity index (χ0) is 30.2. The van der Waals surface area contributed by atoms with E-state index in [1.807, 2.05) is 52.0 Å². The molecule has 3 rings (SSSR count). The first kappa shape index (κ1) is 31.5. The molecule has 3 aromatic carbocycles. The van der Waals surface area contributed by atoms with Gasteiger partial charge in [-0.15, -0.1) is 0 Å². The van der Waals surface area contributed by atoms with Gasteiger partial charge in [-0.2, -0.15) is 0 Å². The van der Waals surface area contributed by atoms with E-state index in [2.05, 4.69) is 5.32 Å². The number of carbonyl (C=O) groups is 2. The molecule has 0 bridgehead atoms. The maximum absolute atomic E-state index is 14.1. The van der Waals surface area contributed by atoms with Gasteiger partial charge in [0.05, 0.1) is 24.8 Å². The number of rotatable bonds is 13. The Hall–Kier alpha value is -4.05. The van der Waals surface area contributed by atoms with E-state index in [0.717, 1.165) is 15.4 Å². The summed E-state index contributed by atoms with van der Waals surface area (Å²) in [5, 5.41) is 2.90. The molecule has 0 aromatic heterocycles. The normalized spacial score (nSPS) is 12.0. The molecule has 41 heavy (non-hydrogen) atoms. The molecule has 0 heterocycles. The third-order valence-electron chi connectivity index (χ3n) is 6.52. The number of methoxy groups -OCH3 is 2. The summed E-state index contributed by atoms with van der Waals surface area (Å²) in [6, 6.07) is 19.4. The Bertz CT molecular complexity index is 1440. The third-order valence-corrected chi connectivity index (χ3v) is 8.29. The first-order chi connectivity index (χ1) is 19.5. The number of amides is 2. The molecule has 3 aromatic rings. The van der Waals surface area contributed by atoms with Crippen molar-refractivity contribution in [3.8, 4) is 11.5 Å². The van der Waals surface area contributed by atoms with E-state index in [-0.39, 0.29) is 29.1 Å². The molecular weight excluding hydrogens is 542 g/mol. The molecule has 10 heteroatoms. The molecule has 1 N–H and O–H groups in total. The molecule has 0 fully saturated rings. The number of hydrogen-bond acceptors (Lipinski definition) is 6. The molecular formula is C31H39N3O6S. The summed E-state index contributed by atoms with van der Waals surface area (Å²) in [5.41, 5.74) is 2.16. The van der Waals surface area contributed by atoms with Gasteiger partial charge in [0.25, 0.3) is 10.0 Å². The number of aryl methyl sites for hydroxylation is 1. The van der Waals surface area contributed by atoms with Crippen LogP contribution in [-0.4, -0.2) is 58.0 Å². The second-order valence-electron chi connectivity index (χ2n) is 9.96. The Morgan fingerprint density at radius 3 is 2.17 bits per heavy atom. The van der Waals surface area contributed by atoms with Crippen LogP contribution in [0.5, 0.6) is 11.5 Å². The van der Waals surface area contributed by atoms with Gasteiger partial charge in [0.1, 0.15) is 12.6 Å². The molecule has 1 unspecified atom stereocenters. The van der Waals surface area contributed by atoms with Gasteiger partial charge < -0.3 is 19.7 Å². The largest absolute Gasteiger partial charge is 0.493 e. The van der Waals surface area contributed by atoms with Crippen LogP contribution in [0.2, 0.25) is 0 Å². The van der Waals surface area contributed by atoms with Crippen LogP contribution in [0.25, 0.3) is 0 Å². The predicted molar refractivity (Wildman–Crippen MR) is 160 cm³/mol. The number of anilines is 1. The van der Waals surface area contributed by atoms with Gasteiger partial charge in [-0.1, -0.05) is 55.0 Å². The molecule has 2 amide bonds. The lowest BCUT2D eigenvalue weighted by Crippen LogP contribution is -2.53. The van der Waals surface area contributed by atoms with E-state index in [1.54, 1.807) is 30.3 Å². The van der Waals surface area contributed by atoms with Crippen molar-refractivity contribution in [2.45, 2.75) is 57.6 Å². The van der Waals surface area contributed by atoms with Gasteiger partial charge in [0, 0.05) is 18.7 Å². The van der Waals surface area contributed by atoms with Gasteiger partial charge in [-0.3, -0.25) is 13.9 Å². The zero-order valence-electron chi connectivity index (χ0n) is 24.5. The average molecular weight is 582 g/mol. The van der Waals surface area contributed by atoms with Crippen molar-refractivity contribution in [2.24, 2.45) is 0 Å². The van der Waals surface area contributed by atoms with Gasteiger partial charge >= 0.3 is 0 Å². The van der Waals surface area contributed by atoms with E-state index in [9.17, 15) is 18.0 Å². The molecule has 0 aliphatic rings. The second-order valence-corrected chi connectivity index (χ2v) is 11.8. The Kier molecular flexibility index (Phi) is 10.8. The molecule has 0 aliphatic heterocycles. The summed E-state index contributed by atoms with van der Waals surface area (Å²) in [7, 11) is -1.36. The highest BCUT2D eigenvalue weighted by Crippen LogP contribution is 2.32. The maximum Gasteiger partial charge on any atom is 0.264 e. The fourth-order valence-corrected chi connectivity index (χ4v) is 5.96. The number of benzene rings is 3. The molecule has 0 saturated heterocycles. The fourth-order valence-electron chi connectivity index (χ4n) is 4.53. The Labute approximate surface area is 243 Å². The van der Waals surface area contributed by atoms with Crippen molar-refractivity contribution in [3.05, 3.63) is 83.9 Å². The lowest BCUT2D eigenvalue weighted by Gasteiger charge is -2.33. The second kappa shape index (κ2) is 14.0. The van der Waals surface area contributed by atoms with Gasteiger partial charge in [0.2, 0.25) is 11.8 Å². The van der Waals surface area contributed by atoms with Crippen LogP contribution in [0.3, 0.4) is 0 Å². The van der Waals surface area contributed by atoms with Crippen molar-refractivity contribution in [1.29, 1.82) is 0 Å². The van der Waals surface area contributed by atoms with E-state index in [4.69, 9.17) is 9.47 Å². The average Bonchev–Trinajstić information content (AvgIpc) is 2.95. The number of nitrogens with zero attached hydrogens (tertiary/aromatic N) is 2. The molecule has 0 aliphatic carbocycles. The lowest BCUT2D eigenvalue weighted by molar-refractivity contribution is -0.140. The van der Waals surface area contributed by atoms with Crippen molar-refractivity contribution in [3.63, 3.8) is 0 Å². The Morgan fingerprint density at radius 2 is 1.59 bits per heavy atom. The van der Waals surface area contributed by atoms with Crippen LogP contribution < -0.4 is 19.1 Å². The summed E-state index contributed by atoms with van der Waals surface area (Å²) >= 11 is 0. The van der Waals surface area contributed by atoms with Crippen molar-refractivity contribution >= 4 is 27.5 Å². The topological polar surface area (TPSA) is 105 Å².